The van der Waals surface area contributed by atoms with Crippen LogP contribution in [-0.4, -0.2) is 21.3 Å². The minimum absolute atomic E-state index is 0.0273. The molecule has 0 spiro atoms. The number of hydrogen-bond donors (Lipinski definition) is 1. The Morgan fingerprint density at radius 3 is 3.55 bits per heavy atom. The molecule has 2 heterocycles. The van der Waals surface area contributed by atoms with Gasteiger partial charge in [0.1, 0.15) is 0 Å². The molecule has 0 radical (unpaired) electrons. The Hall–Kier alpha value is -0.420. The van der Waals surface area contributed by atoms with E-state index in [-0.39, 0.29) is 10.6 Å². The van der Waals surface area contributed by atoms with Crippen LogP contribution in [0.5, 0.6) is 0 Å². The maximum absolute atomic E-state index is 7.89. The number of rotatable bonds is 0. The third-order valence-electron chi connectivity index (χ3n) is 1.38. The second-order valence-electron chi connectivity index (χ2n) is 2.11. The van der Waals surface area contributed by atoms with Crippen molar-refractivity contribution < 1.29 is 6.85 Å². The van der Waals surface area contributed by atoms with E-state index in [1.807, 2.05) is 0 Å². The van der Waals surface area contributed by atoms with E-state index in [4.69, 9.17) is 6.85 Å². The normalized spacial score (nSPS) is 45.8. The summed E-state index contributed by atoms with van der Waals surface area (Å²) in [7, 11) is 0. The molecule has 2 rings (SSSR count). The molecular weight excluding hydrogens is 208 g/mol. The number of nitrogens with zero attached hydrogens (tertiary/aromatic N) is 3. The Bertz CT molecular complexity index is 442. The zero-order valence-corrected chi connectivity index (χ0v) is 7.31. The van der Waals surface area contributed by atoms with Crippen molar-refractivity contribution in [1.82, 2.24) is 20.1 Å². The van der Waals surface area contributed by atoms with Crippen LogP contribution in [0.25, 0.3) is 0 Å². The van der Waals surface area contributed by atoms with E-state index in [2.05, 4.69) is 31.4 Å². The number of aromatic nitrogens is 3. The smallest absolute Gasteiger partial charge is 0.200 e. The van der Waals surface area contributed by atoms with Gasteiger partial charge < -0.3 is 9.88 Å². The average molecular weight is 222 g/mol. The van der Waals surface area contributed by atoms with Crippen molar-refractivity contribution in [2.45, 2.75) is 19.4 Å². The molecule has 5 heteroatoms. The molecule has 0 saturated heterocycles. The average Bonchev–Trinajstić information content (AvgIpc) is 2.44. The third-order valence-corrected chi connectivity index (χ3v) is 1.89. The van der Waals surface area contributed by atoms with Crippen molar-refractivity contribution in [2.75, 3.05) is 6.50 Å². The first-order valence-corrected chi connectivity index (χ1v) is 3.80. The molecule has 1 aromatic rings. The largest absolute Gasteiger partial charge is 0.306 e. The van der Waals surface area contributed by atoms with E-state index in [1.54, 1.807) is 0 Å². The molecule has 1 unspecified atom stereocenters. The fourth-order valence-corrected chi connectivity index (χ4v) is 1.18. The molecule has 0 bridgehead atoms. The standard InChI is InChI=1S/C6H9BrN4/c1-4-5-9-10-6(7)11(5)3-2-8-4/h4,8H,2-3H2,1H3/i2D2,3D2,4D. The quantitative estimate of drug-likeness (QED) is 0.702. The highest BCUT2D eigenvalue weighted by molar-refractivity contribution is 9.10. The van der Waals surface area contributed by atoms with Gasteiger partial charge in [-0.3, -0.25) is 0 Å². The van der Waals surface area contributed by atoms with Gasteiger partial charge in [-0.2, -0.15) is 0 Å². The van der Waals surface area contributed by atoms with Crippen LogP contribution in [0.2, 0.25) is 0 Å². The minimum Gasteiger partial charge on any atom is -0.306 e. The Morgan fingerprint density at radius 1 is 1.91 bits per heavy atom. The van der Waals surface area contributed by atoms with Gasteiger partial charge in [0.05, 0.1) is 10.1 Å². The lowest BCUT2D eigenvalue weighted by Gasteiger charge is -2.20. The zero-order chi connectivity index (χ0) is 12.4. The molecule has 4 nitrogen and oxygen atoms in total. The molecule has 0 aliphatic carbocycles. The predicted molar refractivity (Wildman–Crippen MR) is 44.1 cm³/mol. The van der Waals surface area contributed by atoms with E-state index in [1.165, 1.54) is 6.92 Å². The number of fused-ring (bicyclic) bond motifs is 1. The van der Waals surface area contributed by atoms with Gasteiger partial charge in [-0.1, -0.05) is 0 Å². The molecule has 0 fully saturated rings. The van der Waals surface area contributed by atoms with E-state index in [0.717, 1.165) is 4.57 Å². The van der Waals surface area contributed by atoms with Crippen molar-refractivity contribution in [3.63, 3.8) is 0 Å². The summed E-state index contributed by atoms with van der Waals surface area (Å²) in [6, 6.07) is -1.53. The molecule has 0 saturated carbocycles. The summed E-state index contributed by atoms with van der Waals surface area (Å²) < 4.78 is 39.6. The molecule has 1 aromatic heterocycles. The number of hydrogen-bond acceptors (Lipinski definition) is 3. The molecule has 1 atom stereocenters. The number of halogens is 1. The number of nitrogens with one attached hydrogen (secondary N) is 1. The lowest BCUT2D eigenvalue weighted by molar-refractivity contribution is 0.433. The van der Waals surface area contributed by atoms with Crippen molar-refractivity contribution in [3.8, 4) is 0 Å². The molecule has 1 aliphatic heterocycles. The van der Waals surface area contributed by atoms with E-state index < -0.39 is 19.0 Å². The minimum atomic E-state index is -2.39. The van der Waals surface area contributed by atoms with Crippen LogP contribution in [0.3, 0.4) is 0 Å². The van der Waals surface area contributed by atoms with Gasteiger partial charge >= 0.3 is 0 Å². The lowest BCUT2D eigenvalue weighted by atomic mass is 10.2. The van der Waals surface area contributed by atoms with Crippen LogP contribution in [0.4, 0.5) is 0 Å². The second kappa shape index (κ2) is 2.57. The molecule has 0 amide bonds. The maximum Gasteiger partial charge on any atom is 0.200 e. The van der Waals surface area contributed by atoms with Gasteiger partial charge in [-0.05, 0) is 22.9 Å². The van der Waals surface area contributed by atoms with E-state index in [0.29, 0.717) is 0 Å². The first kappa shape index (κ1) is 3.53. The van der Waals surface area contributed by atoms with Crippen LogP contribution >= 0.6 is 15.9 Å². The van der Waals surface area contributed by atoms with Crippen molar-refractivity contribution in [1.29, 1.82) is 0 Å². The highest BCUT2D eigenvalue weighted by atomic mass is 79.9. The molecule has 1 N–H and O–H groups in total. The maximum atomic E-state index is 7.89. The lowest BCUT2D eigenvalue weighted by Crippen LogP contribution is -2.31. The Labute approximate surface area is 80.2 Å². The summed E-state index contributed by atoms with van der Waals surface area (Å²) in [5.74, 6) is 0.0273. The molecule has 1 aliphatic rings. The first-order valence-electron chi connectivity index (χ1n) is 5.51. The molecule has 60 valence electrons. The highest BCUT2D eigenvalue weighted by Crippen LogP contribution is 2.17. The van der Waals surface area contributed by atoms with Crippen LogP contribution in [-0.2, 0) is 6.50 Å². The summed E-state index contributed by atoms with van der Waals surface area (Å²) in [6.45, 7) is -3.36. The topological polar surface area (TPSA) is 42.7 Å². The first-order chi connectivity index (χ1) is 7.09. The molecular formula is C6H9BrN4. The predicted octanol–water partition coefficient (Wildman–Crippen LogP) is 0.705. The van der Waals surface area contributed by atoms with E-state index in [9.17, 15) is 0 Å². The van der Waals surface area contributed by atoms with Gasteiger partial charge in [0.2, 0.25) is 0 Å². The summed E-state index contributed by atoms with van der Waals surface area (Å²) in [4.78, 5) is 0. The Kier molecular flexibility index (Phi) is 0.824. The summed E-state index contributed by atoms with van der Waals surface area (Å²) >= 11 is 3.00. The summed E-state index contributed by atoms with van der Waals surface area (Å²) in [5.41, 5.74) is 0. The Morgan fingerprint density at radius 2 is 2.73 bits per heavy atom. The van der Waals surface area contributed by atoms with Crippen LogP contribution < -0.4 is 5.32 Å². The monoisotopic (exact) mass is 221 g/mol. The van der Waals surface area contributed by atoms with Gasteiger partial charge in [0.15, 0.2) is 10.6 Å². The van der Waals surface area contributed by atoms with Gasteiger partial charge in [0.25, 0.3) is 0 Å². The molecule has 0 aromatic carbocycles. The fraction of sp³-hybridized carbons (Fsp3) is 0.667. The fourth-order valence-electron chi connectivity index (χ4n) is 0.841. The van der Waals surface area contributed by atoms with Crippen molar-refractivity contribution in [2.24, 2.45) is 0 Å². The highest BCUT2D eigenvalue weighted by Gasteiger charge is 2.19. The van der Waals surface area contributed by atoms with Crippen LogP contribution in [0, 0.1) is 0 Å². The zero-order valence-electron chi connectivity index (χ0n) is 10.7. The van der Waals surface area contributed by atoms with Crippen LogP contribution in [0.1, 0.15) is 25.6 Å². The summed E-state index contributed by atoms with van der Waals surface area (Å²) in [6.07, 6.45) is 0. The van der Waals surface area contributed by atoms with Crippen molar-refractivity contribution in [3.05, 3.63) is 10.6 Å². The van der Waals surface area contributed by atoms with E-state index >= 15 is 0 Å². The molecule has 11 heavy (non-hydrogen) atoms. The second-order valence-corrected chi connectivity index (χ2v) is 2.82. The van der Waals surface area contributed by atoms with Crippen molar-refractivity contribution >= 4 is 15.9 Å². The van der Waals surface area contributed by atoms with Gasteiger partial charge in [-0.25, -0.2) is 0 Å². The van der Waals surface area contributed by atoms with Crippen LogP contribution in [0.15, 0.2) is 4.73 Å². The Balaban J connectivity index is 2.73. The third kappa shape index (κ3) is 1.08. The SMILES string of the molecule is [2H]C1(C)NC([2H])([2H])C([2H])([2H])n2c(Br)nnc21. The van der Waals surface area contributed by atoms with Gasteiger partial charge in [-0.15, -0.1) is 10.2 Å². The van der Waals surface area contributed by atoms with Gasteiger partial charge in [0, 0.05) is 15.7 Å². The summed E-state index contributed by atoms with van der Waals surface area (Å²) in [5, 5.41) is 9.57.